The van der Waals surface area contributed by atoms with Gasteiger partial charge in [0.25, 0.3) is 10.0 Å². The summed E-state index contributed by atoms with van der Waals surface area (Å²) >= 11 is 0. The fourth-order valence-corrected chi connectivity index (χ4v) is 4.04. The monoisotopic (exact) mass is 495 g/mol. The molecule has 0 heterocycles. The average molecular weight is 495 g/mol. The predicted octanol–water partition coefficient (Wildman–Crippen LogP) is 4.59. The van der Waals surface area contributed by atoms with Gasteiger partial charge in [-0.15, -0.1) is 0 Å². The van der Waals surface area contributed by atoms with Crippen molar-refractivity contribution in [2.45, 2.75) is 17.5 Å². The molecule has 180 valence electrons. The third kappa shape index (κ3) is 6.88. The molecule has 0 fully saturated rings. The molecule has 0 bridgehead atoms. The quantitative estimate of drug-likeness (QED) is 0.399. The Hall–Kier alpha value is -3.73. The van der Waals surface area contributed by atoms with Crippen molar-refractivity contribution in [1.29, 1.82) is 0 Å². The third-order valence-corrected chi connectivity index (χ3v) is 5.88. The molecule has 11 heteroatoms. The van der Waals surface area contributed by atoms with Gasteiger partial charge in [0.05, 0.1) is 16.9 Å². The maximum atomic E-state index is 12.9. The molecule has 0 saturated carbocycles. The van der Waals surface area contributed by atoms with Crippen LogP contribution in [0.15, 0.2) is 77.7 Å². The van der Waals surface area contributed by atoms with E-state index in [1.54, 1.807) is 24.3 Å². The Bertz CT molecular complexity index is 1240. The van der Waals surface area contributed by atoms with Crippen LogP contribution >= 0.6 is 0 Å². The van der Waals surface area contributed by atoms with Gasteiger partial charge in [0.2, 0.25) is 0 Å². The minimum Gasteiger partial charge on any atom is -0.490 e. The van der Waals surface area contributed by atoms with Crippen LogP contribution < -0.4 is 14.2 Å². The zero-order valence-electron chi connectivity index (χ0n) is 17.6. The molecule has 0 aliphatic rings. The highest BCUT2D eigenvalue weighted by molar-refractivity contribution is 7.92. The minimum absolute atomic E-state index is 0.136. The van der Waals surface area contributed by atoms with E-state index < -0.39 is 32.6 Å². The molecule has 0 aromatic heterocycles. The number of rotatable bonds is 10. The van der Waals surface area contributed by atoms with Crippen LogP contribution in [0.1, 0.15) is 11.1 Å². The van der Waals surface area contributed by atoms with Crippen molar-refractivity contribution in [3.05, 3.63) is 83.9 Å². The normalized spacial score (nSPS) is 11.6. The van der Waals surface area contributed by atoms with E-state index in [-0.39, 0.29) is 25.3 Å². The van der Waals surface area contributed by atoms with Crippen molar-refractivity contribution < 1.29 is 41.0 Å². The summed E-state index contributed by atoms with van der Waals surface area (Å²) in [6.07, 6.45) is -4.83. The molecule has 0 aliphatic heterocycles. The number of ether oxygens (including phenoxy) is 2. The van der Waals surface area contributed by atoms with Crippen LogP contribution in [-0.4, -0.2) is 32.7 Å². The van der Waals surface area contributed by atoms with Crippen LogP contribution in [0.4, 0.5) is 18.9 Å². The lowest BCUT2D eigenvalue weighted by atomic mass is 10.1. The fraction of sp³-hybridized carbons (Fsp3) is 0.174. The van der Waals surface area contributed by atoms with Crippen LogP contribution in [0, 0.1) is 0 Å². The summed E-state index contributed by atoms with van der Waals surface area (Å²) in [5.74, 6) is -0.131. The Morgan fingerprint density at radius 1 is 0.912 bits per heavy atom. The molecule has 0 radical (unpaired) electrons. The maximum Gasteiger partial charge on any atom is 0.416 e. The number of para-hydroxylation sites is 1. The molecule has 0 amide bonds. The highest BCUT2D eigenvalue weighted by atomic mass is 32.2. The maximum absolute atomic E-state index is 12.9. The SMILES string of the molecule is O=C(O)Cc1ccccc1OCCOc1ccc(NS(=O)(=O)c2cccc(C(F)(F)F)c2)cc1. The van der Waals surface area contributed by atoms with Gasteiger partial charge in [-0.2, -0.15) is 13.2 Å². The number of carbonyl (C=O) groups is 1. The molecule has 0 aliphatic carbocycles. The van der Waals surface area contributed by atoms with Gasteiger partial charge in [0.15, 0.2) is 0 Å². The van der Waals surface area contributed by atoms with Gasteiger partial charge in [-0.05, 0) is 48.5 Å². The largest absolute Gasteiger partial charge is 0.490 e. The Morgan fingerprint density at radius 3 is 2.26 bits per heavy atom. The van der Waals surface area contributed by atoms with Crippen molar-refractivity contribution in [1.82, 2.24) is 0 Å². The van der Waals surface area contributed by atoms with E-state index in [1.165, 1.54) is 24.3 Å². The van der Waals surface area contributed by atoms with Crippen molar-refractivity contribution >= 4 is 21.7 Å². The summed E-state index contributed by atoms with van der Waals surface area (Å²) in [5.41, 5.74) is -0.386. The molecule has 7 nitrogen and oxygen atoms in total. The summed E-state index contributed by atoms with van der Waals surface area (Å²) < 4.78 is 76.8. The topological polar surface area (TPSA) is 102 Å². The zero-order valence-corrected chi connectivity index (χ0v) is 18.4. The van der Waals surface area contributed by atoms with Gasteiger partial charge in [0.1, 0.15) is 24.7 Å². The number of carboxylic acids is 1. The van der Waals surface area contributed by atoms with Gasteiger partial charge < -0.3 is 14.6 Å². The second kappa shape index (κ2) is 10.5. The first-order chi connectivity index (χ1) is 16.0. The van der Waals surface area contributed by atoms with Crippen LogP contribution in [0.25, 0.3) is 0 Å². The van der Waals surface area contributed by atoms with Crippen molar-refractivity contribution in [2.24, 2.45) is 0 Å². The number of carboxylic acid groups (broad SMARTS) is 1. The lowest BCUT2D eigenvalue weighted by Gasteiger charge is -2.12. The van der Waals surface area contributed by atoms with E-state index in [0.29, 0.717) is 23.1 Å². The van der Waals surface area contributed by atoms with Crippen molar-refractivity contribution in [3.63, 3.8) is 0 Å². The molecular weight excluding hydrogens is 475 g/mol. The van der Waals surface area contributed by atoms with Gasteiger partial charge in [-0.25, -0.2) is 8.42 Å². The molecule has 0 spiro atoms. The Morgan fingerprint density at radius 2 is 1.59 bits per heavy atom. The zero-order chi connectivity index (χ0) is 24.8. The Balaban J connectivity index is 1.55. The first-order valence-electron chi connectivity index (χ1n) is 9.90. The Labute approximate surface area is 193 Å². The molecule has 3 aromatic rings. The predicted molar refractivity (Wildman–Crippen MR) is 117 cm³/mol. The van der Waals surface area contributed by atoms with E-state index in [4.69, 9.17) is 14.6 Å². The first kappa shape index (κ1) is 24.9. The number of nitrogens with one attached hydrogen (secondary N) is 1. The van der Waals surface area contributed by atoms with E-state index in [2.05, 4.69) is 4.72 Å². The van der Waals surface area contributed by atoms with Gasteiger partial charge in [0, 0.05) is 11.3 Å². The molecule has 0 saturated heterocycles. The lowest BCUT2D eigenvalue weighted by Crippen LogP contribution is -2.14. The van der Waals surface area contributed by atoms with Crippen LogP contribution in [0.5, 0.6) is 11.5 Å². The van der Waals surface area contributed by atoms with E-state index in [1.807, 2.05) is 0 Å². The van der Waals surface area contributed by atoms with Crippen LogP contribution in [0.3, 0.4) is 0 Å². The highest BCUT2D eigenvalue weighted by Crippen LogP contribution is 2.31. The van der Waals surface area contributed by atoms with Crippen LogP contribution in [-0.2, 0) is 27.4 Å². The number of alkyl halides is 3. The summed E-state index contributed by atoms with van der Waals surface area (Å²) in [6, 6.07) is 16.0. The molecule has 0 unspecified atom stereocenters. The molecule has 0 atom stereocenters. The van der Waals surface area contributed by atoms with Crippen molar-refractivity contribution in [3.8, 4) is 11.5 Å². The minimum atomic E-state index is -4.66. The van der Waals surface area contributed by atoms with Crippen LogP contribution in [0.2, 0.25) is 0 Å². The molecule has 2 N–H and O–H groups in total. The number of aliphatic carboxylic acids is 1. The van der Waals surface area contributed by atoms with E-state index >= 15 is 0 Å². The molecule has 3 aromatic carbocycles. The highest BCUT2D eigenvalue weighted by Gasteiger charge is 2.31. The second-order valence-electron chi connectivity index (χ2n) is 7.03. The molecular formula is C23H20F3NO6S. The number of hydrogen-bond donors (Lipinski definition) is 2. The summed E-state index contributed by atoms with van der Waals surface area (Å²) in [7, 11) is -4.23. The van der Waals surface area contributed by atoms with E-state index in [9.17, 15) is 26.4 Å². The Kier molecular flexibility index (Phi) is 7.67. The third-order valence-electron chi connectivity index (χ3n) is 4.50. The number of halogens is 3. The van der Waals surface area contributed by atoms with Gasteiger partial charge >= 0.3 is 12.1 Å². The van der Waals surface area contributed by atoms with Crippen molar-refractivity contribution in [2.75, 3.05) is 17.9 Å². The molecule has 3 rings (SSSR count). The number of benzene rings is 3. The molecule has 34 heavy (non-hydrogen) atoms. The number of hydrogen-bond acceptors (Lipinski definition) is 5. The summed E-state index contributed by atoms with van der Waals surface area (Å²) in [5, 5.41) is 8.95. The van der Waals surface area contributed by atoms with Gasteiger partial charge in [-0.1, -0.05) is 24.3 Å². The standard InChI is InChI=1S/C23H20F3NO6S/c24-23(25,26)17-5-3-6-20(15-17)34(30,31)27-18-8-10-19(11-9-18)32-12-13-33-21-7-2-1-4-16(21)14-22(28)29/h1-11,15,27H,12-14H2,(H,28,29). The summed E-state index contributed by atoms with van der Waals surface area (Å²) in [4.78, 5) is 10.4. The second-order valence-corrected chi connectivity index (χ2v) is 8.71. The first-order valence-corrected chi connectivity index (χ1v) is 11.4. The number of anilines is 1. The lowest BCUT2D eigenvalue weighted by molar-refractivity contribution is -0.138. The van der Waals surface area contributed by atoms with Gasteiger partial charge in [-0.3, -0.25) is 9.52 Å². The summed E-state index contributed by atoms with van der Waals surface area (Å²) in [6.45, 7) is 0.275. The average Bonchev–Trinajstić information content (AvgIpc) is 2.78. The smallest absolute Gasteiger partial charge is 0.416 e. The fourth-order valence-electron chi connectivity index (χ4n) is 2.94. The van der Waals surface area contributed by atoms with E-state index in [0.717, 1.165) is 18.2 Å². The number of sulfonamides is 1.